The fourth-order valence-electron chi connectivity index (χ4n) is 4.37. The van der Waals surface area contributed by atoms with Gasteiger partial charge in [-0.3, -0.25) is 4.90 Å². The average molecular weight is 380 g/mol. The van der Waals surface area contributed by atoms with Crippen LogP contribution in [0.3, 0.4) is 0 Å². The van der Waals surface area contributed by atoms with Crippen LogP contribution in [0.2, 0.25) is 0 Å². The molecule has 2 aliphatic rings. The Morgan fingerprint density at radius 2 is 1.86 bits per heavy atom. The second-order valence-corrected chi connectivity index (χ2v) is 7.50. The molecule has 0 bridgehead atoms. The predicted molar refractivity (Wildman–Crippen MR) is 110 cm³/mol. The number of benzene rings is 2. The number of rotatable bonds is 6. The number of hydrogen-bond acceptors (Lipinski definition) is 5. The van der Waals surface area contributed by atoms with Crippen LogP contribution < -0.4 is 4.90 Å². The Balaban J connectivity index is 1.44. The maximum absolute atomic E-state index is 11.1. The summed E-state index contributed by atoms with van der Waals surface area (Å²) in [7, 11) is 1.38. The van der Waals surface area contributed by atoms with Gasteiger partial charge >= 0.3 is 5.97 Å². The van der Waals surface area contributed by atoms with Crippen LogP contribution in [-0.2, 0) is 20.7 Å². The first-order valence-electron chi connectivity index (χ1n) is 10.1. The third-order valence-corrected chi connectivity index (χ3v) is 5.77. The van der Waals surface area contributed by atoms with E-state index in [0.29, 0.717) is 12.6 Å². The molecule has 0 N–H and O–H groups in total. The molecule has 0 amide bonds. The fraction of sp³-hybridized carbons (Fsp3) is 0.435. The van der Waals surface area contributed by atoms with Crippen molar-refractivity contribution in [3.63, 3.8) is 0 Å². The van der Waals surface area contributed by atoms with Crippen LogP contribution in [0, 0.1) is 0 Å². The van der Waals surface area contributed by atoms with E-state index in [1.54, 1.807) is 0 Å². The van der Waals surface area contributed by atoms with Crippen molar-refractivity contribution in [2.75, 3.05) is 51.4 Å². The highest BCUT2D eigenvalue weighted by Gasteiger charge is 2.32. The first-order valence-corrected chi connectivity index (χ1v) is 10.1. The van der Waals surface area contributed by atoms with Crippen LogP contribution in [0.4, 0.5) is 5.69 Å². The fourth-order valence-corrected chi connectivity index (χ4v) is 4.37. The number of nitrogens with zero attached hydrogens (tertiary/aromatic N) is 2. The zero-order valence-electron chi connectivity index (χ0n) is 16.5. The van der Waals surface area contributed by atoms with E-state index in [2.05, 4.69) is 63.1 Å². The van der Waals surface area contributed by atoms with Gasteiger partial charge in [0.1, 0.15) is 6.61 Å². The highest BCUT2D eigenvalue weighted by atomic mass is 16.6. The Labute approximate surface area is 166 Å². The molecule has 0 aliphatic carbocycles. The Morgan fingerprint density at radius 1 is 1.07 bits per heavy atom. The van der Waals surface area contributed by atoms with Gasteiger partial charge in [-0.05, 0) is 35.6 Å². The number of anilines is 1. The summed E-state index contributed by atoms with van der Waals surface area (Å²) in [6.45, 7) is 4.69. The van der Waals surface area contributed by atoms with Gasteiger partial charge in [0.05, 0.1) is 13.2 Å². The smallest absolute Gasteiger partial charge is 0.331 e. The number of ether oxygens (including phenoxy) is 2. The second kappa shape index (κ2) is 8.76. The van der Waals surface area contributed by atoms with E-state index < -0.39 is 0 Å². The first-order chi connectivity index (χ1) is 13.8. The molecule has 2 heterocycles. The van der Waals surface area contributed by atoms with Gasteiger partial charge in [-0.1, -0.05) is 42.5 Å². The Morgan fingerprint density at radius 3 is 2.71 bits per heavy atom. The van der Waals surface area contributed by atoms with Crippen LogP contribution in [0.15, 0.2) is 48.5 Å². The lowest BCUT2D eigenvalue weighted by Gasteiger charge is -2.43. The molecule has 0 spiro atoms. The van der Waals surface area contributed by atoms with Crippen molar-refractivity contribution in [1.82, 2.24) is 4.90 Å². The van der Waals surface area contributed by atoms with Crippen molar-refractivity contribution < 1.29 is 14.3 Å². The van der Waals surface area contributed by atoms with E-state index in [4.69, 9.17) is 4.74 Å². The molecule has 2 aromatic carbocycles. The molecule has 0 aromatic heterocycles. The van der Waals surface area contributed by atoms with Crippen LogP contribution in [0.1, 0.15) is 29.2 Å². The Kier molecular flexibility index (Phi) is 5.93. The number of fused-ring (bicyclic) bond motifs is 5. The predicted octanol–water partition coefficient (Wildman–Crippen LogP) is 3.03. The van der Waals surface area contributed by atoms with E-state index in [1.165, 1.54) is 29.5 Å². The highest BCUT2D eigenvalue weighted by molar-refractivity contribution is 5.70. The lowest BCUT2D eigenvalue weighted by Crippen LogP contribution is -2.48. The summed E-state index contributed by atoms with van der Waals surface area (Å²) in [6, 6.07) is 18.1. The molecule has 1 atom stereocenters. The van der Waals surface area contributed by atoms with Gasteiger partial charge < -0.3 is 14.4 Å². The largest absolute Gasteiger partial charge is 0.467 e. The molecule has 148 valence electrons. The number of carbonyl (C=O) groups excluding carboxylic acids is 1. The van der Waals surface area contributed by atoms with Crippen molar-refractivity contribution in [2.45, 2.75) is 18.9 Å². The van der Waals surface area contributed by atoms with E-state index in [0.717, 1.165) is 39.0 Å². The molecule has 2 aliphatic heterocycles. The highest BCUT2D eigenvalue weighted by Crippen LogP contribution is 2.38. The minimum Gasteiger partial charge on any atom is -0.467 e. The van der Waals surface area contributed by atoms with E-state index in [-0.39, 0.29) is 12.6 Å². The zero-order chi connectivity index (χ0) is 19.3. The van der Waals surface area contributed by atoms with Crippen molar-refractivity contribution in [3.05, 3.63) is 65.2 Å². The van der Waals surface area contributed by atoms with Crippen LogP contribution in [-0.4, -0.2) is 57.4 Å². The lowest BCUT2D eigenvalue weighted by molar-refractivity contribution is -0.145. The van der Waals surface area contributed by atoms with Crippen molar-refractivity contribution >= 4 is 11.7 Å². The van der Waals surface area contributed by atoms with Crippen LogP contribution >= 0.6 is 0 Å². The number of hydrogen-bond donors (Lipinski definition) is 0. The Hall–Kier alpha value is -2.37. The van der Waals surface area contributed by atoms with Gasteiger partial charge in [0.2, 0.25) is 0 Å². The maximum atomic E-state index is 11.1. The molecule has 5 nitrogen and oxygen atoms in total. The molecular weight excluding hydrogens is 352 g/mol. The van der Waals surface area contributed by atoms with Gasteiger partial charge in [0, 0.05) is 38.5 Å². The summed E-state index contributed by atoms with van der Waals surface area (Å²) in [5.74, 6) is -0.317. The van der Waals surface area contributed by atoms with Crippen LogP contribution in [0.25, 0.3) is 0 Å². The number of methoxy groups -OCH3 is 1. The van der Waals surface area contributed by atoms with Crippen LogP contribution in [0.5, 0.6) is 0 Å². The third-order valence-electron chi connectivity index (χ3n) is 5.77. The summed E-state index contributed by atoms with van der Waals surface area (Å²) in [5.41, 5.74) is 5.68. The molecule has 5 heteroatoms. The van der Waals surface area contributed by atoms with E-state index >= 15 is 0 Å². The quantitative estimate of drug-likeness (QED) is 0.569. The number of carbonyl (C=O) groups is 1. The summed E-state index contributed by atoms with van der Waals surface area (Å²) < 4.78 is 10.00. The van der Waals surface area contributed by atoms with Gasteiger partial charge in [0.15, 0.2) is 0 Å². The molecule has 4 rings (SSSR count). The maximum Gasteiger partial charge on any atom is 0.331 e. The topological polar surface area (TPSA) is 42.0 Å². The number of piperazine rings is 1. The molecule has 0 saturated carbocycles. The van der Waals surface area contributed by atoms with E-state index in [9.17, 15) is 4.79 Å². The summed E-state index contributed by atoms with van der Waals surface area (Å²) in [6.07, 6.45) is 1.92. The van der Waals surface area contributed by atoms with Crippen molar-refractivity contribution in [3.8, 4) is 0 Å². The van der Waals surface area contributed by atoms with Gasteiger partial charge in [-0.15, -0.1) is 0 Å². The van der Waals surface area contributed by atoms with Crippen molar-refractivity contribution in [1.29, 1.82) is 0 Å². The van der Waals surface area contributed by atoms with Gasteiger partial charge in [-0.25, -0.2) is 4.79 Å². The number of esters is 1. The lowest BCUT2D eigenvalue weighted by atomic mass is 9.96. The minimum absolute atomic E-state index is 0.0388. The molecule has 2 aromatic rings. The third kappa shape index (κ3) is 4.05. The molecule has 1 unspecified atom stereocenters. The monoisotopic (exact) mass is 380 g/mol. The summed E-state index contributed by atoms with van der Waals surface area (Å²) in [4.78, 5) is 16.2. The van der Waals surface area contributed by atoms with Gasteiger partial charge in [0.25, 0.3) is 0 Å². The normalized spacial score (nSPS) is 18.6. The number of para-hydroxylation sites is 1. The van der Waals surface area contributed by atoms with Gasteiger partial charge in [-0.2, -0.15) is 0 Å². The molecular formula is C23H28N2O3. The zero-order valence-corrected chi connectivity index (χ0v) is 16.5. The average Bonchev–Trinajstić information content (AvgIpc) is 2.87. The summed E-state index contributed by atoms with van der Waals surface area (Å²) >= 11 is 0. The Bertz CT molecular complexity index is 823. The SMILES string of the molecule is COC(=O)COCCCN1CCN2c3ccccc3Cc3ccccc3C2C1. The summed E-state index contributed by atoms with van der Waals surface area (Å²) in [5, 5.41) is 0. The molecule has 1 saturated heterocycles. The standard InChI is InChI=1S/C23H28N2O3/c1-27-23(26)17-28-14-6-11-24-12-13-25-21-10-5-3-8-19(21)15-18-7-2-4-9-20(18)22(25)16-24/h2-5,7-10,22H,6,11-17H2,1H3. The second-order valence-electron chi connectivity index (χ2n) is 7.50. The molecule has 28 heavy (non-hydrogen) atoms. The first kappa shape index (κ1) is 19.0. The molecule has 1 fully saturated rings. The van der Waals surface area contributed by atoms with E-state index in [1.807, 2.05) is 0 Å². The van der Waals surface area contributed by atoms with Crippen molar-refractivity contribution in [2.24, 2.45) is 0 Å². The molecule has 0 radical (unpaired) electrons. The minimum atomic E-state index is -0.317.